The first kappa shape index (κ1) is 16.0. The van der Waals surface area contributed by atoms with Crippen LogP contribution in [0, 0.1) is 11.3 Å². The van der Waals surface area contributed by atoms with Gasteiger partial charge < -0.3 is 5.32 Å². The Morgan fingerprint density at radius 2 is 1.85 bits per heavy atom. The molecule has 0 unspecified atom stereocenters. The molecular formula is C20H12ClN5. The molecule has 0 bridgehead atoms. The van der Waals surface area contributed by atoms with Crippen LogP contribution in [0.3, 0.4) is 0 Å². The van der Waals surface area contributed by atoms with Crippen LogP contribution in [-0.2, 0) is 0 Å². The van der Waals surface area contributed by atoms with Crippen LogP contribution >= 0.6 is 11.6 Å². The Labute approximate surface area is 154 Å². The first-order valence-electron chi connectivity index (χ1n) is 7.88. The van der Waals surface area contributed by atoms with Crippen molar-refractivity contribution in [1.29, 1.82) is 5.26 Å². The molecule has 0 amide bonds. The monoisotopic (exact) mass is 357 g/mol. The van der Waals surface area contributed by atoms with E-state index in [1.807, 2.05) is 36.4 Å². The van der Waals surface area contributed by atoms with Crippen molar-refractivity contribution >= 4 is 34.0 Å². The molecule has 2 heterocycles. The van der Waals surface area contributed by atoms with Crippen molar-refractivity contribution in [2.75, 3.05) is 5.32 Å². The van der Waals surface area contributed by atoms with Crippen molar-refractivity contribution in [2.45, 2.75) is 0 Å². The summed E-state index contributed by atoms with van der Waals surface area (Å²) in [6.45, 7) is 0. The highest BCUT2D eigenvalue weighted by molar-refractivity contribution is 6.31. The molecule has 0 aliphatic carbocycles. The van der Waals surface area contributed by atoms with E-state index in [2.05, 4.69) is 26.3 Å². The maximum absolute atomic E-state index is 8.94. The fourth-order valence-corrected chi connectivity index (χ4v) is 2.76. The second kappa shape index (κ2) is 6.79. The molecule has 6 heteroatoms. The van der Waals surface area contributed by atoms with Crippen molar-refractivity contribution in [3.63, 3.8) is 0 Å². The number of nitriles is 1. The molecule has 0 saturated heterocycles. The van der Waals surface area contributed by atoms with Crippen LogP contribution in [0.2, 0.25) is 5.02 Å². The summed E-state index contributed by atoms with van der Waals surface area (Å²) in [5, 5.41) is 13.7. The van der Waals surface area contributed by atoms with Gasteiger partial charge in [0.25, 0.3) is 0 Å². The van der Waals surface area contributed by atoms with Gasteiger partial charge in [0.2, 0.25) is 0 Å². The molecule has 0 spiro atoms. The van der Waals surface area contributed by atoms with Crippen LogP contribution in [0.4, 0.5) is 11.5 Å². The molecule has 0 radical (unpaired) electrons. The summed E-state index contributed by atoms with van der Waals surface area (Å²) in [6, 6.07) is 18.5. The number of nitrogens with one attached hydrogen (secondary N) is 1. The Balaban J connectivity index is 1.85. The fraction of sp³-hybridized carbons (Fsp3) is 0. The molecule has 4 rings (SSSR count). The molecule has 0 aliphatic rings. The van der Waals surface area contributed by atoms with E-state index >= 15 is 0 Å². The lowest BCUT2D eigenvalue weighted by atomic mass is 10.2. The zero-order valence-corrected chi connectivity index (χ0v) is 14.3. The molecule has 1 N–H and O–H groups in total. The van der Waals surface area contributed by atoms with E-state index in [0.29, 0.717) is 22.2 Å². The second-order valence-corrected chi connectivity index (χ2v) is 6.05. The van der Waals surface area contributed by atoms with Gasteiger partial charge in [-0.05, 0) is 54.6 Å². The number of hydrogen-bond acceptors (Lipinski definition) is 5. The second-order valence-electron chi connectivity index (χ2n) is 5.61. The summed E-state index contributed by atoms with van der Waals surface area (Å²) >= 11 is 6.16. The summed E-state index contributed by atoms with van der Waals surface area (Å²) in [5.41, 5.74) is 3.02. The number of fused-ring (bicyclic) bond motifs is 1. The Kier molecular flexibility index (Phi) is 4.18. The van der Waals surface area contributed by atoms with Gasteiger partial charge in [-0.3, -0.25) is 4.98 Å². The van der Waals surface area contributed by atoms with Gasteiger partial charge in [-0.1, -0.05) is 11.6 Å². The van der Waals surface area contributed by atoms with Gasteiger partial charge in [-0.2, -0.15) is 5.26 Å². The van der Waals surface area contributed by atoms with E-state index in [9.17, 15) is 0 Å². The summed E-state index contributed by atoms with van der Waals surface area (Å²) in [6.07, 6.45) is 3.43. The average Bonchev–Trinajstić information content (AvgIpc) is 2.69. The molecular weight excluding hydrogens is 346 g/mol. The molecule has 2 aromatic heterocycles. The number of pyridine rings is 1. The molecule has 124 valence electrons. The van der Waals surface area contributed by atoms with E-state index < -0.39 is 0 Å². The summed E-state index contributed by atoms with van der Waals surface area (Å²) in [4.78, 5) is 13.4. The first-order chi connectivity index (χ1) is 12.7. The minimum absolute atomic E-state index is 0.573. The van der Waals surface area contributed by atoms with Crippen molar-refractivity contribution < 1.29 is 0 Å². The van der Waals surface area contributed by atoms with Crippen LogP contribution in [0.15, 0.2) is 67.0 Å². The Morgan fingerprint density at radius 1 is 1.00 bits per heavy atom. The first-order valence-corrected chi connectivity index (χ1v) is 8.25. The van der Waals surface area contributed by atoms with E-state index in [1.165, 1.54) is 0 Å². The van der Waals surface area contributed by atoms with Crippen LogP contribution in [0.1, 0.15) is 5.56 Å². The third kappa shape index (κ3) is 3.18. The molecule has 2 aromatic carbocycles. The highest BCUT2D eigenvalue weighted by Gasteiger charge is 2.11. The molecule has 5 nitrogen and oxygen atoms in total. The van der Waals surface area contributed by atoms with Crippen molar-refractivity contribution in [2.24, 2.45) is 0 Å². The summed E-state index contributed by atoms with van der Waals surface area (Å²) < 4.78 is 0. The number of benzene rings is 2. The normalized spacial score (nSPS) is 10.5. The maximum Gasteiger partial charge on any atom is 0.163 e. The number of halogens is 1. The lowest BCUT2D eigenvalue weighted by molar-refractivity contribution is 1.20. The zero-order chi connectivity index (χ0) is 17.9. The molecule has 0 fully saturated rings. The Morgan fingerprint density at radius 3 is 2.58 bits per heavy atom. The highest BCUT2D eigenvalue weighted by Crippen LogP contribution is 2.29. The van der Waals surface area contributed by atoms with Gasteiger partial charge in [-0.25, -0.2) is 9.97 Å². The van der Waals surface area contributed by atoms with Crippen LogP contribution in [0.5, 0.6) is 0 Å². The summed E-state index contributed by atoms with van der Waals surface area (Å²) in [7, 11) is 0. The molecule has 0 atom stereocenters. The van der Waals surface area contributed by atoms with E-state index in [-0.39, 0.29) is 0 Å². The predicted octanol–water partition coefficient (Wildman–Crippen LogP) is 4.96. The Bertz CT molecular complexity index is 1120. The topological polar surface area (TPSA) is 74.5 Å². The number of rotatable bonds is 3. The lowest BCUT2D eigenvalue weighted by Gasteiger charge is -2.11. The highest BCUT2D eigenvalue weighted by atomic mass is 35.5. The number of hydrogen-bond donors (Lipinski definition) is 1. The Hall–Kier alpha value is -3.49. The van der Waals surface area contributed by atoms with Gasteiger partial charge in [0.1, 0.15) is 5.82 Å². The smallest absolute Gasteiger partial charge is 0.163 e. The van der Waals surface area contributed by atoms with Crippen LogP contribution < -0.4 is 5.32 Å². The molecule has 0 saturated carbocycles. The van der Waals surface area contributed by atoms with E-state index in [0.717, 1.165) is 22.2 Å². The largest absolute Gasteiger partial charge is 0.340 e. The van der Waals surface area contributed by atoms with E-state index in [1.54, 1.807) is 30.6 Å². The number of aromatic nitrogens is 3. The SMILES string of the molecule is N#Cc1ccc(Nc2nc(-c3cccnc3)nc3ccc(Cl)cc23)cc1. The maximum atomic E-state index is 8.94. The minimum Gasteiger partial charge on any atom is -0.340 e. The summed E-state index contributed by atoms with van der Waals surface area (Å²) in [5.74, 6) is 1.21. The average molecular weight is 358 g/mol. The van der Waals surface area contributed by atoms with Gasteiger partial charge >= 0.3 is 0 Å². The van der Waals surface area contributed by atoms with E-state index in [4.69, 9.17) is 16.9 Å². The van der Waals surface area contributed by atoms with Gasteiger partial charge in [0, 0.05) is 34.1 Å². The van der Waals surface area contributed by atoms with Crippen molar-refractivity contribution in [3.8, 4) is 17.5 Å². The molecule has 26 heavy (non-hydrogen) atoms. The quantitative estimate of drug-likeness (QED) is 0.560. The van der Waals surface area contributed by atoms with Gasteiger partial charge in [0.15, 0.2) is 5.82 Å². The standard InChI is InChI=1S/C20H12ClN5/c21-15-5-8-18-17(10-15)20(24-16-6-3-13(11-22)4-7-16)26-19(25-18)14-2-1-9-23-12-14/h1-10,12H,(H,24,25,26). The van der Waals surface area contributed by atoms with Gasteiger partial charge in [-0.15, -0.1) is 0 Å². The van der Waals surface area contributed by atoms with Crippen molar-refractivity contribution in [3.05, 3.63) is 77.6 Å². The van der Waals surface area contributed by atoms with Crippen LogP contribution in [0.25, 0.3) is 22.3 Å². The minimum atomic E-state index is 0.573. The lowest BCUT2D eigenvalue weighted by Crippen LogP contribution is -1.99. The fourth-order valence-electron chi connectivity index (χ4n) is 2.58. The third-order valence-electron chi connectivity index (χ3n) is 3.85. The number of nitrogens with zero attached hydrogens (tertiary/aromatic N) is 4. The zero-order valence-electron chi connectivity index (χ0n) is 13.5. The number of anilines is 2. The molecule has 4 aromatic rings. The van der Waals surface area contributed by atoms with Gasteiger partial charge in [0.05, 0.1) is 17.1 Å². The predicted molar refractivity (Wildman–Crippen MR) is 102 cm³/mol. The van der Waals surface area contributed by atoms with Crippen LogP contribution in [-0.4, -0.2) is 15.0 Å². The van der Waals surface area contributed by atoms with Crippen molar-refractivity contribution in [1.82, 2.24) is 15.0 Å². The third-order valence-corrected chi connectivity index (χ3v) is 4.09. The molecule has 0 aliphatic heterocycles.